The number of nitrogens with one attached hydrogen (secondary N) is 2. The van der Waals surface area contributed by atoms with Gasteiger partial charge in [0, 0.05) is 24.3 Å². The number of hydrogen-bond acceptors (Lipinski definition) is 4. The highest BCUT2D eigenvalue weighted by Crippen LogP contribution is 2.11. The molecule has 1 aliphatic heterocycles. The van der Waals surface area contributed by atoms with Crippen LogP contribution < -0.4 is 10.6 Å². The standard InChI is InChI=1S/C19H27N3O3/c1-14(13-22-10-4-3-5-11-22)12-20-18(24)19(25)21-17-8-6-16(7-9-17)15(2)23/h6-9,14H,3-5,10-13H2,1-2H3,(H,20,24)(H,21,25). The molecule has 6 heteroatoms. The molecule has 1 aromatic carbocycles. The number of nitrogens with zero attached hydrogens (tertiary/aromatic N) is 1. The summed E-state index contributed by atoms with van der Waals surface area (Å²) in [6.45, 7) is 7.21. The SMILES string of the molecule is CC(=O)c1ccc(NC(=O)C(=O)NCC(C)CN2CCCCC2)cc1. The van der Waals surface area contributed by atoms with Crippen LogP contribution in [0.1, 0.15) is 43.5 Å². The number of carbonyl (C=O) groups is 3. The van der Waals surface area contributed by atoms with Crippen molar-refractivity contribution in [1.82, 2.24) is 10.2 Å². The van der Waals surface area contributed by atoms with Crippen LogP contribution in [0.5, 0.6) is 0 Å². The fourth-order valence-electron chi connectivity index (χ4n) is 2.97. The van der Waals surface area contributed by atoms with E-state index in [1.165, 1.54) is 26.2 Å². The summed E-state index contributed by atoms with van der Waals surface area (Å²) in [6, 6.07) is 6.47. The predicted molar refractivity (Wildman–Crippen MR) is 97.5 cm³/mol. The second-order valence-electron chi connectivity index (χ2n) is 6.76. The molecule has 0 saturated carbocycles. The van der Waals surface area contributed by atoms with E-state index < -0.39 is 11.8 Å². The van der Waals surface area contributed by atoms with Crippen molar-refractivity contribution in [2.24, 2.45) is 5.92 Å². The van der Waals surface area contributed by atoms with Gasteiger partial charge in [0.1, 0.15) is 0 Å². The van der Waals surface area contributed by atoms with Gasteiger partial charge in [0.15, 0.2) is 5.78 Å². The third-order valence-electron chi connectivity index (χ3n) is 4.39. The molecule has 1 unspecified atom stereocenters. The van der Waals surface area contributed by atoms with E-state index in [4.69, 9.17) is 0 Å². The molecule has 1 aliphatic rings. The van der Waals surface area contributed by atoms with E-state index in [9.17, 15) is 14.4 Å². The lowest BCUT2D eigenvalue weighted by molar-refractivity contribution is -0.136. The summed E-state index contributed by atoms with van der Waals surface area (Å²) in [5.41, 5.74) is 1.06. The lowest BCUT2D eigenvalue weighted by Gasteiger charge is -2.29. The molecule has 2 amide bonds. The Morgan fingerprint density at radius 1 is 1.04 bits per heavy atom. The molecular weight excluding hydrogens is 318 g/mol. The second-order valence-corrected chi connectivity index (χ2v) is 6.76. The number of amides is 2. The van der Waals surface area contributed by atoms with Crippen molar-refractivity contribution in [3.8, 4) is 0 Å². The zero-order valence-electron chi connectivity index (χ0n) is 15.0. The Balaban J connectivity index is 1.73. The minimum absolute atomic E-state index is 0.0432. The summed E-state index contributed by atoms with van der Waals surface area (Å²) < 4.78 is 0. The summed E-state index contributed by atoms with van der Waals surface area (Å²) in [4.78, 5) is 37.5. The fourth-order valence-corrected chi connectivity index (χ4v) is 2.97. The first-order chi connectivity index (χ1) is 12.0. The normalized spacial score (nSPS) is 16.1. The molecule has 1 saturated heterocycles. The lowest BCUT2D eigenvalue weighted by atomic mass is 10.1. The Bertz CT molecular complexity index is 607. The number of benzene rings is 1. The Morgan fingerprint density at radius 3 is 2.28 bits per heavy atom. The van der Waals surface area contributed by atoms with E-state index in [0.717, 1.165) is 19.6 Å². The van der Waals surface area contributed by atoms with Crippen molar-refractivity contribution in [1.29, 1.82) is 0 Å². The maximum atomic E-state index is 11.9. The van der Waals surface area contributed by atoms with Gasteiger partial charge in [0.05, 0.1) is 0 Å². The fraction of sp³-hybridized carbons (Fsp3) is 0.526. The van der Waals surface area contributed by atoms with Crippen LogP contribution in [0.2, 0.25) is 0 Å². The highest BCUT2D eigenvalue weighted by atomic mass is 16.2. The molecule has 0 aromatic heterocycles. The van der Waals surface area contributed by atoms with Crippen LogP contribution in [0, 0.1) is 5.92 Å². The molecule has 136 valence electrons. The maximum Gasteiger partial charge on any atom is 0.313 e. The summed E-state index contributed by atoms with van der Waals surface area (Å²) in [5.74, 6) is -1.08. The van der Waals surface area contributed by atoms with Crippen LogP contribution in [-0.2, 0) is 9.59 Å². The molecule has 2 N–H and O–H groups in total. The molecule has 0 bridgehead atoms. The molecule has 0 aliphatic carbocycles. The van der Waals surface area contributed by atoms with Gasteiger partial charge in [0.2, 0.25) is 0 Å². The Hall–Kier alpha value is -2.21. The topological polar surface area (TPSA) is 78.5 Å². The van der Waals surface area contributed by atoms with E-state index in [1.807, 2.05) is 0 Å². The van der Waals surface area contributed by atoms with Crippen LogP contribution in [0.25, 0.3) is 0 Å². The minimum atomic E-state index is -0.694. The summed E-state index contributed by atoms with van der Waals surface area (Å²) >= 11 is 0. The van der Waals surface area contributed by atoms with Crippen LogP contribution in [-0.4, -0.2) is 48.7 Å². The smallest absolute Gasteiger partial charge is 0.313 e. The number of piperidine rings is 1. The van der Waals surface area contributed by atoms with Gasteiger partial charge < -0.3 is 15.5 Å². The third-order valence-corrected chi connectivity index (χ3v) is 4.39. The molecule has 2 rings (SSSR count). The van der Waals surface area contributed by atoms with Gasteiger partial charge in [-0.15, -0.1) is 0 Å². The van der Waals surface area contributed by atoms with Crippen LogP contribution >= 0.6 is 0 Å². The number of Topliss-reactive ketones (excluding diaryl/α,β-unsaturated/α-hetero) is 1. The Morgan fingerprint density at radius 2 is 1.68 bits per heavy atom. The molecule has 25 heavy (non-hydrogen) atoms. The molecule has 1 atom stereocenters. The van der Waals surface area contributed by atoms with Crippen molar-refractivity contribution >= 4 is 23.3 Å². The van der Waals surface area contributed by atoms with Crippen molar-refractivity contribution < 1.29 is 14.4 Å². The van der Waals surface area contributed by atoms with Gasteiger partial charge in [-0.25, -0.2) is 0 Å². The monoisotopic (exact) mass is 345 g/mol. The predicted octanol–water partition coefficient (Wildman–Crippen LogP) is 2.07. The van der Waals surface area contributed by atoms with Gasteiger partial charge in [-0.1, -0.05) is 13.3 Å². The molecule has 1 fully saturated rings. The van der Waals surface area contributed by atoms with Crippen LogP contribution in [0.4, 0.5) is 5.69 Å². The van der Waals surface area contributed by atoms with Gasteiger partial charge in [-0.05, 0) is 63.0 Å². The molecule has 1 heterocycles. The first-order valence-corrected chi connectivity index (χ1v) is 8.88. The van der Waals surface area contributed by atoms with E-state index in [-0.39, 0.29) is 5.78 Å². The highest BCUT2D eigenvalue weighted by Gasteiger charge is 2.17. The molecule has 1 aromatic rings. The lowest BCUT2D eigenvalue weighted by Crippen LogP contribution is -2.41. The minimum Gasteiger partial charge on any atom is -0.348 e. The molecule has 6 nitrogen and oxygen atoms in total. The van der Waals surface area contributed by atoms with E-state index in [1.54, 1.807) is 24.3 Å². The van der Waals surface area contributed by atoms with Crippen molar-refractivity contribution in [2.45, 2.75) is 33.1 Å². The van der Waals surface area contributed by atoms with Gasteiger partial charge in [-0.3, -0.25) is 14.4 Å². The number of likely N-dealkylation sites (tertiary alicyclic amines) is 1. The quantitative estimate of drug-likeness (QED) is 0.611. The Kier molecular flexibility index (Phi) is 7.13. The Labute approximate surface area is 149 Å². The number of rotatable bonds is 6. The molecular formula is C19H27N3O3. The van der Waals surface area contributed by atoms with E-state index >= 15 is 0 Å². The average molecular weight is 345 g/mol. The average Bonchev–Trinajstić information content (AvgIpc) is 2.61. The van der Waals surface area contributed by atoms with Crippen molar-refractivity contribution in [3.63, 3.8) is 0 Å². The zero-order valence-corrected chi connectivity index (χ0v) is 15.0. The number of hydrogen-bond donors (Lipinski definition) is 2. The number of carbonyl (C=O) groups excluding carboxylic acids is 3. The van der Waals surface area contributed by atoms with Crippen molar-refractivity contribution in [2.75, 3.05) is 31.5 Å². The largest absolute Gasteiger partial charge is 0.348 e. The molecule has 0 spiro atoms. The summed E-state index contributed by atoms with van der Waals surface area (Å²) in [5, 5.41) is 5.23. The number of ketones is 1. The van der Waals surface area contributed by atoms with Crippen LogP contribution in [0.3, 0.4) is 0 Å². The first-order valence-electron chi connectivity index (χ1n) is 8.88. The maximum absolute atomic E-state index is 11.9. The van der Waals surface area contributed by atoms with E-state index in [0.29, 0.717) is 23.7 Å². The molecule has 0 radical (unpaired) electrons. The van der Waals surface area contributed by atoms with Crippen LogP contribution in [0.15, 0.2) is 24.3 Å². The zero-order chi connectivity index (χ0) is 18.2. The van der Waals surface area contributed by atoms with E-state index in [2.05, 4.69) is 22.5 Å². The highest BCUT2D eigenvalue weighted by molar-refractivity contribution is 6.39. The van der Waals surface area contributed by atoms with Gasteiger partial charge in [0.25, 0.3) is 0 Å². The van der Waals surface area contributed by atoms with Gasteiger partial charge in [-0.2, -0.15) is 0 Å². The third kappa shape index (κ3) is 6.31. The van der Waals surface area contributed by atoms with Crippen molar-refractivity contribution in [3.05, 3.63) is 29.8 Å². The second kappa shape index (κ2) is 9.32. The summed E-state index contributed by atoms with van der Waals surface area (Å²) in [7, 11) is 0. The summed E-state index contributed by atoms with van der Waals surface area (Å²) in [6.07, 6.45) is 3.78. The first kappa shape index (κ1) is 19.1. The number of anilines is 1. The van der Waals surface area contributed by atoms with Gasteiger partial charge >= 0.3 is 11.8 Å².